The van der Waals surface area contributed by atoms with Crippen LogP contribution in [0.3, 0.4) is 0 Å². The molecule has 110 valence electrons. The fourth-order valence-electron chi connectivity index (χ4n) is 1.76. The van der Waals surface area contributed by atoms with Crippen molar-refractivity contribution >= 4 is 27.7 Å². The smallest absolute Gasteiger partial charge is 0.222 e. The van der Waals surface area contributed by atoms with E-state index in [1.807, 2.05) is 24.3 Å². The van der Waals surface area contributed by atoms with Crippen LogP contribution in [0, 0.1) is 0 Å². The third-order valence-corrected chi connectivity index (χ3v) is 3.23. The van der Waals surface area contributed by atoms with E-state index in [0.717, 1.165) is 10.0 Å². The van der Waals surface area contributed by atoms with E-state index in [0.29, 0.717) is 13.0 Å². The van der Waals surface area contributed by atoms with E-state index >= 15 is 0 Å². The molecule has 0 heterocycles. The molecule has 6 heteroatoms. The first-order valence-electron chi connectivity index (χ1n) is 6.43. The molecule has 0 aliphatic carbocycles. The molecular formula is C14H19BrN2O3. The van der Waals surface area contributed by atoms with E-state index < -0.39 is 0 Å². The van der Waals surface area contributed by atoms with E-state index in [-0.39, 0.29) is 30.9 Å². The van der Waals surface area contributed by atoms with E-state index in [1.165, 1.54) is 6.92 Å². The SMILES string of the molecule is CC(=O)NC(CC(=O)NCCCO)c1ccc(Br)cc1. The molecule has 1 aromatic carbocycles. The Morgan fingerprint density at radius 3 is 2.50 bits per heavy atom. The van der Waals surface area contributed by atoms with Crippen molar-refractivity contribution in [2.75, 3.05) is 13.2 Å². The molecule has 0 radical (unpaired) electrons. The highest BCUT2D eigenvalue weighted by Crippen LogP contribution is 2.19. The van der Waals surface area contributed by atoms with Crippen molar-refractivity contribution in [3.05, 3.63) is 34.3 Å². The number of halogens is 1. The predicted molar refractivity (Wildman–Crippen MR) is 80.0 cm³/mol. The molecule has 3 N–H and O–H groups in total. The van der Waals surface area contributed by atoms with E-state index in [4.69, 9.17) is 5.11 Å². The van der Waals surface area contributed by atoms with Gasteiger partial charge in [0.15, 0.2) is 0 Å². The predicted octanol–water partition coefficient (Wildman–Crippen LogP) is 1.52. The second kappa shape index (κ2) is 8.71. The second-order valence-electron chi connectivity index (χ2n) is 4.44. The number of nitrogens with one attached hydrogen (secondary N) is 2. The van der Waals surface area contributed by atoms with Crippen LogP contribution in [-0.4, -0.2) is 30.1 Å². The number of rotatable bonds is 7. The molecule has 0 saturated heterocycles. The van der Waals surface area contributed by atoms with Crippen LogP contribution in [0.5, 0.6) is 0 Å². The maximum Gasteiger partial charge on any atom is 0.222 e. The van der Waals surface area contributed by atoms with E-state index in [2.05, 4.69) is 26.6 Å². The molecular weight excluding hydrogens is 324 g/mol. The Balaban J connectivity index is 2.67. The van der Waals surface area contributed by atoms with Gasteiger partial charge in [-0.15, -0.1) is 0 Å². The lowest BCUT2D eigenvalue weighted by Gasteiger charge is -2.18. The number of aliphatic hydroxyl groups excluding tert-OH is 1. The van der Waals surface area contributed by atoms with Gasteiger partial charge in [-0.05, 0) is 24.1 Å². The lowest BCUT2D eigenvalue weighted by Crippen LogP contribution is -2.33. The lowest BCUT2D eigenvalue weighted by atomic mass is 10.0. The Bertz CT molecular complexity index is 448. The van der Waals surface area contributed by atoms with Crippen molar-refractivity contribution in [2.24, 2.45) is 0 Å². The summed E-state index contributed by atoms with van der Waals surface area (Å²) in [6.07, 6.45) is 0.696. The highest BCUT2D eigenvalue weighted by atomic mass is 79.9. The van der Waals surface area contributed by atoms with E-state index in [1.54, 1.807) is 0 Å². The topological polar surface area (TPSA) is 78.4 Å². The van der Waals surface area contributed by atoms with Crippen LogP contribution in [0.4, 0.5) is 0 Å². The van der Waals surface area contributed by atoms with Crippen LogP contribution in [0.15, 0.2) is 28.7 Å². The van der Waals surface area contributed by atoms with Gasteiger partial charge in [0.1, 0.15) is 0 Å². The molecule has 0 aliphatic heterocycles. The van der Waals surface area contributed by atoms with Gasteiger partial charge >= 0.3 is 0 Å². The van der Waals surface area contributed by atoms with Crippen molar-refractivity contribution < 1.29 is 14.7 Å². The first-order valence-corrected chi connectivity index (χ1v) is 7.22. The highest BCUT2D eigenvalue weighted by molar-refractivity contribution is 9.10. The molecule has 0 saturated carbocycles. The molecule has 5 nitrogen and oxygen atoms in total. The summed E-state index contributed by atoms with van der Waals surface area (Å²) in [4.78, 5) is 23.0. The highest BCUT2D eigenvalue weighted by Gasteiger charge is 2.16. The maximum atomic E-state index is 11.8. The number of carbonyl (C=O) groups excluding carboxylic acids is 2. The average Bonchev–Trinajstić information content (AvgIpc) is 2.38. The van der Waals surface area contributed by atoms with Crippen molar-refractivity contribution in [1.29, 1.82) is 0 Å². The molecule has 0 aliphatic rings. The van der Waals surface area contributed by atoms with Gasteiger partial charge < -0.3 is 15.7 Å². The van der Waals surface area contributed by atoms with Gasteiger partial charge in [-0.3, -0.25) is 9.59 Å². The van der Waals surface area contributed by atoms with Gasteiger partial charge in [-0.25, -0.2) is 0 Å². The zero-order valence-electron chi connectivity index (χ0n) is 11.4. The standard InChI is InChI=1S/C14H19BrN2O3/c1-10(19)17-13(9-14(20)16-7-2-8-18)11-3-5-12(15)6-4-11/h3-6,13,18H,2,7-9H2,1H3,(H,16,20)(H,17,19). The summed E-state index contributed by atoms with van der Waals surface area (Å²) in [5.74, 6) is -0.332. The van der Waals surface area contributed by atoms with Crippen LogP contribution in [-0.2, 0) is 9.59 Å². The van der Waals surface area contributed by atoms with E-state index in [9.17, 15) is 9.59 Å². The largest absolute Gasteiger partial charge is 0.396 e. The Morgan fingerprint density at radius 2 is 1.95 bits per heavy atom. The van der Waals surface area contributed by atoms with Crippen molar-refractivity contribution in [1.82, 2.24) is 10.6 Å². The quantitative estimate of drug-likeness (QED) is 0.657. The first-order chi connectivity index (χ1) is 9.52. The monoisotopic (exact) mass is 342 g/mol. The van der Waals surface area contributed by atoms with Gasteiger partial charge in [0.25, 0.3) is 0 Å². The molecule has 0 fully saturated rings. The summed E-state index contributed by atoms with van der Waals surface area (Å²) in [5, 5.41) is 14.2. The van der Waals surface area contributed by atoms with Crippen LogP contribution in [0.25, 0.3) is 0 Å². The molecule has 20 heavy (non-hydrogen) atoms. The van der Waals surface area contributed by atoms with Gasteiger partial charge in [-0.2, -0.15) is 0 Å². The number of carbonyl (C=O) groups is 2. The molecule has 1 atom stereocenters. The number of hydrogen-bond donors (Lipinski definition) is 3. The zero-order valence-corrected chi connectivity index (χ0v) is 12.9. The number of amides is 2. The molecule has 0 bridgehead atoms. The molecule has 2 amide bonds. The van der Waals surface area contributed by atoms with Crippen molar-refractivity contribution in [2.45, 2.75) is 25.8 Å². The number of aliphatic hydroxyl groups is 1. The minimum Gasteiger partial charge on any atom is -0.396 e. The second-order valence-corrected chi connectivity index (χ2v) is 5.35. The van der Waals surface area contributed by atoms with Crippen molar-refractivity contribution in [3.8, 4) is 0 Å². The summed E-state index contributed by atoms with van der Waals surface area (Å²) >= 11 is 3.35. The molecule has 1 aromatic rings. The normalized spacial score (nSPS) is 11.8. The van der Waals surface area contributed by atoms with Crippen LogP contribution < -0.4 is 10.6 Å². The first kappa shape index (κ1) is 16.7. The number of hydrogen-bond acceptors (Lipinski definition) is 3. The molecule has 1 unspecified atom stereocenters. The summed E-state index contributed by atoms with van der Waals surface area (Å²) in [5.41, 5.74) is 0.876. The Kier molecular flexibility index (Phi) is 7.25. The van der Waals surface area contributed by atoms with Crippen LogP contribution in [0.2, 0.25) is 0 Å². The van der Waals surface area contributed by atoms with Crippen molar-refractivity contribution in [3.63, 3.8) is 0 Å². The summed E-state index contributed by atoms with van der Waals surface area (Å²) < 4.78 is 0.940. The van der Waals surface area contributed by atoms with Crippen LogP contribution in [0.1, 0.15) is 31.4 Å². The molecule has 1 rings (SSSR count). The Morgan fingerprint density at radius 1 is 1.30 bits per heavy atom. The van der Waals surface area contributed by atoms with Gasteiger partial charge in [0, 0.05) is 24.5 Å². The third-order valence-electron chi connectivity index (χ3n) is 2.70. The average molecular weight is 343 g/mol. The number of benzene rings is 1. The summed E-state index contributed by atoms with van der Waals surface area (Å²) in [7, 11) is 0. The van der Waals surface area contributed by atoms with Gasteiger partial charge in [-0.1, -0.05) is 28.1 Å². The van der Waals surface area contributed by atoms with Gasteiger partial charge in [0.2, 0.25) is 11.8 Å². The fraction of sp³-hybridized carbons (Fsp3) is 0.429. The maximum absolute atomic E-state index is 11.8. The molecule has 0 aromatic heterocycles. The fourth-order valence-corrected chi connectivity index (χ4v) is 2.02. The Labute approximate surface area is 126 Å². The summed E-state index contributed by atoms with van der Waals surface area (Å²) in [6.45, 7) is 1.90. The minimum absolute atomic E-state index is 0.0438. The zero-order chi connectivity index (χ0) is 15.0. The van der Waals surface area contributed by atoms with Gasteiger partial charge in [0.05, 0.1) is 12.5 Å². The minimum atomic E-state index is -0.352. The third kappa shape index (κ3) is 6.16. The molecule has 0 spiro atoms. The van der Waals surface area contributed by atoms with Crippen LogP contribution >= 0.6 is 15.9 Å². The Hall–Kier alpha value is -1.40. The summed E-state index contributed by atoms with van der Waals surface area (Å²) in [6, 6.07) is 7.12. The lowest BCUT2D eigenvalue weighted by molar-refractivity contribution is -0.122.